The van der Waals surface area contributed by atoms with Gasteiger partial charge in [-0.3, -0.25) is 4.79 Å². The number of carbonyl (C=O) groups is 1. The van der Waals surface area contributed by atoms with Crippen molar-refractivity contribution in [1.82, 2.24) is 4.57 Å². The van der Waals surface area contributed by atoms with E-state index in [1.807, 2.05) is 0 Å². The van der Waals surface area contributed by atoms with Gasteiger partial charge >= 0.3 is 0 Å². The van der Waals surface area contributed by atoms with Crippen molar-refractivity contribution in [2.45, 2.75) is 6.54 Å². The SMILES string of the molecule is C#CCn1c(=NC(=O)COc2ccc(Cl)cc2Cl)sc2cc(Cl)cc(Cl)c21. The minimum absolute atomic E-state index is 0.206. The Bertz CT molecular complexity index is 1140. The Morgan fingerprint density at radius 3 is 2.59 bits per heavy atom. The zero-order chi connectivity index (χ0) is 19.6. The van der Waals surface area contributed by atoms with Gasteiger partial charge in [0, 0.05) is 10.0 Å². The lowest BCUT2D eigenvalue weighted by Crippen LogP contribution is -2.19. The number of aromatic nitrogens is 1. The highest BCUT2D eigenvalue weighted by Gasteiger charge is 2.12. The van der Waals surface area contributed by atoms with Gasteiger partial charge in [0.05, 0.1) is 26.8 Å². The molecule has 3 rings (SSSR count). The van der Waals surface area contributed by atoms with Crippen LogP contribution in [-0.2, 0) is 11.3 Å². The van der Waals surface area contributed by atoms with E-state index >= 15 is 0 Å². The summed E-state index contributed by atoms with van der Waals surface area (Å²) in [7, 11) is 0. The summed E-state index contributed by atoms with van der Waals surface area (Å²) >= 11 is 25.4. The molecule has 0 atom stereocenters. The molecule has 0 aliphatic rings. The van der Waals surface area contributed by atoms with E-state index in [0.717, 1.165) is 4.70 Å². The number of benzene rings is 2. The quantitative estimate of drug-likeness (QED) is 0.486. The van der Waals surface area contributed by atoms with Crippen LogP contribution in [0.1, 0.15) is 0 Å². The number of carbonyl (C=O) groups excluding carboxylic acids is 1. The monoisotopic (exact) mass is 458 g/mol. The van der Waals surface area contributed by atoms with E-state index in [1.54, 1.807) is 28.8 Å². The van der Waals surface area contributed by atoms with Crippen molar-refractivity contribution in [3.63, 3.8) is 0 Å². The van der Waals surface area contributed by atoms with Crippen LogP contribution in [0.3, 0.4) is 0 Å². The van der Waals surface area contributed by atoms with Crippen LogP contribution in [0.15, 0.2) is 35.3 Å². The Morgan fingerprint density at radius 1 is 1.15 bits per heavy atom. The van der Waals surface area contributed by atoms with Crippen molar-refractivity contribution >= 4 is 73.9 Å². The summed E-state index contributed by atoms with van der Waals surface area (Å²) < 4.78 is 7.88. The predicted octanol–water partition coefficient (Wildman–Crippen LogP) is 5.46. The molecule has 0 saturated carbocycles. The topological polar surface area (TPSA) is 43.6 Å². The van der Waals surface area contributed by atoms with Crippen LogP contribution in [0, 0.1) is 12.3 Å². The molecule has 0 radical (unpaired) electrons. The molecule has 9 heteroatoms. The number of hydrogen-bond acceptors (Lipinski definition) is 3. The molecule has 0 fully saturated rings. The number of thiazole rings is 1. The average Bonchev–Trinajstić information content (AvgIpc) is 2.91. The van der Waals surface area contributed by atoms with Gasteiger partial charge in [-0.05, 0) is 30.3 Å². The van der Waals surface area contributed by atoms with E-state index in [1.165, 1.54) is 17.4 Å². The van der Waals surface area contributed by atoms with Crippen LogP contribution >= 0.6 is 57.7 Å². The van der Waals surface area contributed by atoms with E-state index in [4.69, 9.17) is 57.6 Å². The molecule has 0 unspecified atom stereocenters. The summed E-state index contributed by atoms with van der Waals surface area (Å²) in [6, 6.07) is 8.08. The van der Waals surface area contributed by atoms with E-state index in [-0.39, 0.29) is 13.2 Å². The Labute approximate surface area is 178 Å². The number of rotatable bonds is 4. The van der Waals surface area contributed by atoms with Gasteiger partial charge in [-0.1, -0.05) is 63.7 Å². The number of amides is 1. The van der Waals surface area contributed by atoms with Crippen LogP contribution in [0.25, 0.3) is 10.2 Å². The average molecular weight is 460 g/mol. The first kappa shape index (κ1) is 20.1. The van der Waals surface area contributed by atoms with Crippen LogP contribution in [0.5, 0.6) is 5.75 Å². The maximum absolute atomic E-state index is 12.3. The van der Waals surface area contributed by atoms with Gasteiger partial charge in [-0.25, -0.2) is 0 Å². The van der Waals surface area contributed by atoms with Crippen LogP contribution in [0.2, 0.25) is 20.1 Å². The standard InChI is InChI=1S/C18H10Cl4N2O2S/c1-2-5-24-17-13(22)7-11(20)8-15(17)27-18(24)23-16(25)9-26-14-4-3-10(19)6-12(14)21/h1,3-4,6-8H,5,9H2. The van der Waals surface area contributed by atoms with Crippen LogP contribution in [-0.4, -0.2) is 17.1 Å². The predicted molar refractivity (Wildman–Crippen MR) is 111 cm³/mol. The second-order valence-corrected chi connectivity index (χ2v) is 7.97. The molecule has 0 saturated heterocycles. The highest BCUT2D eigenvalue weighted by Crippen LogP contribution is 2.30. The summed E-state index contributed by atoms with van der Waals surface area (Å²) in [5.74, 6) is 2.37. The molecule has 3 aromatic rings. The summed E-state index contributed by atoms with van der Waals surface area (Å²) in [4.78, 5) is 16.8. The van der Waals surface area contributed by atoms with Crippen molar-refractivity contribution in [2.75, 3.05) is 6.61 Å². The first-order valence-electron chi connectivity index (χ1n) is 7.46. The third-order valence-electron chi connectivity index (χ3n) is 3.41. The Morgan fingerprint density at radius 2 is 1.89 bits per heavy atom. The molecule has 0 spiro atoms. The molecule has 4 nitrogen and oxygen atoms in total. The van der Waals surface area contributed by atoms with Gasteiger partial charge in [0.25, 0.3) is 5.91 Å². The molecule has 2 aromatic carbocycles. The first-order chi connectivity index (χ1) is 12.9. The maximum Gasteiger partial charge on any atom is 0.286 e. The minimum atomic E-state index is -0.499. The van der Waals surface area contributed by atoms with E-state index in [2.05, 4.69) is 10.9 Å². The number of hydrogen-bond donors (Lipinski definition) is 0. The highest BCUT2D eigenvalue weighted by atomic mass is 35.5. The zero-order valence-corrected chi connectivity index (χ0v) is 17.3. The first-order valence-corrected chi connectivity index (χ1v) is 9.79. The van der Waals surface area contributed by atoms with E-state index in [9.17, 15) is 4.79 Å². The van der Waals surface area contributed by atoms with E-state index in [0.29, 0.717) is 36.2 Å². The lowest BCUT2D eigenvalue weighted by molar-refractivity contribution is -0.120. The van der Waals surface area contributed by atoms with Gasteiger partial charge < -0.3 is 9.30 Å². The number of fused-ring (bicyclic) bond motifs is 1. The van der Waals surface area contributed by atoms with Crippen molar-refractivity contribution in [3.05, 3.63) is 55.2 Å². The largest absolute Gasteiger partial charge is 0.482 e. The fourth-order valence-corrected chi connectivity index (χ4v) is 4.62. The maximum atomic E-state index is 12.3. The van der Waals surface area contributed by atoms with Crippen molar-refractivity contribution in [3.8, 4) is 18.1 Å². The fourth-order valence-electron chi connectivity index (χ4n) is 2.32. The minimum Gasteiger partial charge on any atom is -0.482 e. The normalized spacial score (nSPS) is 11.6. The highest BCUT2D eigenvalue weighted by molar-refractivity contribution is 7.16. The molecular weight excluding hydrogens is 450 g/mol. The van der Waals surface area contributed by atoms with Gasteiger partial charge in [0.15, 0.2) is 11.4 Å². The summed E-state index contributed by atoms with van der Waals surface area (Å²) in [5.41, 5.74) is 0.678. The molecule has 1 heterocycles. The van der Waals surface area contributed by atoms with Gasteiger partial charge in [0.2, 0.25) is 0 Å². The lowest BCUT2D eigenvalue weighted by atomic mass is 10.3. The van der Waals surface area contributed by atoms with Gasteiger partial charge in [-0.15, -0.1) is 6.42 Å². The molecule has 1 amide bonds. The molecule has 0 N–H and O–H groups in total. The lowest BCUT2D eigenvalue weighted by Gasteiger charge is -2.06. The van der Waals surface area contributed by atoms with Crippen molar-refractivity contribution in [1.29, 1.82) is 0 Å². The summed E-state index contributed by atoms with van der Waals surface area (Å²) in [5, 5.41) is 1.70. The zero-order valence-electron chi connectivity index (χ0n) is 13.5. The van der Waals surface area contributed by atoms with Crippen molar-refractivity contribution < 1.29 is 9.53 Å². The number of terminal acetylenes is 1. The van der Waals surface area contributed by atoms with E-state index < -0.39 is 5.91 Å². The number of nitrogens with zero attached hydrogens (tertiary/aromatic N) is 2. The van der Waals surface area contributed by atoms with Crippen molar-refractivity contribution in [2.24, 2.45) is 4.99 Å². The molecular formula is C18H10Cl4N2O2S. The molecule has 0 aliphatic heterocycles. The smallest absolute Gasteiger partial charge is 0.286 e. The van der Waals surface area contributed by atoms with Crippen LogP contribution < -0.4 is 9.54 Å². The molecule has 0 bridgehead atoms. The summed E-state index contributed by atoms with van der Waals surface area (Å²) in [6.07, 6.45) is 5.44. The molecule has 138 valence electrons. The fraction of sp³-hybridized carbons (Fsp3) is 0.111. The van der Waals surface area contributed by atoms with Gasteiger partial charge in [-0.2, -0.15) is 4.99 Å². The summed E-state index contributed by atoms with van der Waals surface area (Å²) in [6.45, 7) is -0.0858. The molecule has 0 aliphatic carbocycles. The third-order valence-corrected chi connectivity index (χ3v) is 5.47. The molecule has 27 heavy (non-hydrogen) atoms. The van der Waals surface area contributed by atoms with Crippen LogP contribution in [0.4, 0.5) is 0 Å². The Hall–Kier alpha value is -1.68. The molecule has 1 aromatic heterocycles. The Balaban J connectivity index is 1.92. The second-order valence-electron chi connectivity index (χ2n) is 5.28. The Kier molecular flexibility index (Phi) is 6.36. The second kappa shape index (κ2) is 8.55. The van der Waals surface area contributed by atoms with Gasteiger partial charge in [0.1, 0.15) is 5.75 Å². The third kappa shape index (κ3) is 4.60. The number of halogens is 4. The number of ether oxygens (including phenoxy) is 1.